The molecule has 0 spiro atoms. The summed E-state index contributed by atoms with van der Waals surface area (Å²) in [6.45, 7) is 1.13. The quantitative estimate of drug-likeness (QED) is 0.777. The molecule has 0 aliphatic carbocycles. The number of fused-ring (bicyclic) bond motifs is 1. The first-order chi connectivity index (χ1) is 13.8. The molecule has 2 aliphatic rings. The van der Waals surface area contributed by atoms with Gasteiger partial charge in [0.25, 0.3) is 0 Å². The average Bonchev–Trinajstić information content (AvgIpc) is 2.69. The van der Waals surface area contributed by atoms with Gasteiger partial charge in [-0.1, -0.05) is 0 Å². The summed E-state index contributed by atoms with van der Waals surface area (Å²) in [6, 6.07) is 3.08. The molecule has 2 aromatic heterocycles. The van der Waals surface area contributed by atoms with Crippen LogP contribution in [-0.4, -0.2) is 73.5 Å². The molecule has 0 radical (unpaired) electrons. The van der Waals surface area contributed by atoms with Crippen LogP contribution in [0.15, 0.2) is 24.5 Å². The molecule has 2 N–H and O–H groups in total. The maximum absolute atomic E-state index is 14.6. The van der Waals surface area contributed by atoms with Crippen LogP contribution in [0, 0.1) is 0 Å². The Hall–Kier alpha value is -1.91. The molecule has 7 nitrogen and oxygen atoms in total. The molecular weight excluding hydrogens is 400 g/mol. The number of alkyl halides is 2. The summed E-state index contributed by atoms with van der Waals surface area (Å²) in [5, 5.41) is 7.81. The van der Waals surface area contributed by atoms with Gasteiger partial charge in [-0.2, -0.15) is 4.31 Å². The fourth-order valence-electron chi connectivity index (χ4n) is 4.12. The summed E-state index contributed by atoms with van der Waals surface area (Å²) in [5.74, 6) is 0.193. The number of sulfonamides is 1. The average molecular weight is 426 g/mol. The molecule has 0 unspecified atom stereocenters. The van der Waals surface area contributed by atoms with Gasteiger partial charge in [-0.15, -0.1) is 0 Å². The molecule has 2 saturated heterocycles. The molecule has 4 rings (SSSR count). The van der Waals surface area contributed by atoms with E-state index in [-0.39, 0.29) is 19.0 Å². The Bertz CT molecular complexity index is 990. The van der Waals surface area contributed by atoms with Gasteiger partial charge in [-0.05, 0) is 31.5 Å². The van der Waals surface area contributed by atoms with Crippen LogP contribution in [-0.2, 0) is 10.0 Å². The minimum Gasteiger partial charge on any atom is -0.364 e. The standard InChI is InChI=1S/C19H25F2N5O2S/c1-29(27,28)26-7-4-17(16(21)11-26)25-18-8-14-12(9-24-18)2-6-23-19(14)13-3-5-22-10-15(13)20/h2,6,8-9,13,15-17,22H,3-5,7,10-11H2,1H3,(H,24,25)/t13-,15-,16-,17-/m1/s1. The highest BCUT2D eigenvalue weighted by atomic mass is 32.2. The molecule has 0 bridgehead atoms. The maximum Gasteiger partial charge on any atom is 0.211 e. The van der Waals surface area contributed by atoms with Crippen LogP contribution >= 0.6 is 0 Å². The highest BCUT2D eigenvalue weighted by Gasteiger charge is 2.33. The minimum absolute atomic E-state index is 0.171. The Morgan fingerprint density at radius 2 is 2.07 bits per heavy atom. The van der Waals surface area contributed by atoms with E-state index >= 15 is 0 Å². The van der Waals surface area contributed by atoms with Crippen molar-refractivity contribution in [2.24, 2.45) is 0 Å². The lowest BCUT2D eigenvalue weighted by Gasteiger charge is -2.33. The zero-order valence-corrected chi connectivity index (χ0v) is 17.0. The van der Waals surface area contributed by atoms with E-state index in [0.29, 0.717) is 30.9 Å². The number of anilines is 1. The third-order valence-corrected chi connectivity index (χ3v) is 7.01. The first-order valence-electron chi connectivity index (χ1n) is 9.78. The van der Waals surface area contributed by atoms with Crippen molar-refractivity contribution in [1.82, 2.24) is 19.6 Å². The predicted octanol–water partition coefficient (Wildman–Crippen LogP) is 1.83. The maximum atomic E-state index is 14.6. The van der Waals surface area contributed by atoms with Crippen LogP contribution in [0.3, 0.4) is 0 Å². The summed E-state index contributed by atoms with van der Waals surface area (Å²) in [7, 11) is -3.41. The molecule has 2 fully saturated rings. The Balaban J connectivity index is 1.57. The third kappa shape index (κ3) is 4.34. The second kappa shape index (κ2) is 8.08. The van der Waals surface area contributed by atoms with Gasteiger partial charge in [-0.25, -0.2) is 22.2 Å². The number of hydrogen-bond donors (Lipinski definition) is 2. The van der Waals surface area contributed by atoms with Crippen LogP contribution in [0.25, 0.3) is 10.8 Å². The van der Waals surface area contributed by atoms with Gasteiger partial charge in [0.15, 0.2) is 0 Å². The first kappa shape index (κ1) is 20.4. The van der Waals surface area contributed by atoms with Crippen molar-refractivity contribution in [3.8, 4) is 0 Å². The van der Waals surface area contributed by atoms with Gasteiger partial charge in [0.2, 0.25) is 10.0 Å². The van der Waals surface area contributed by atoms with Gasteiger partial charge in [0, 0.05) is 48.7 Å². The topological polar surface area (TPSA) is 87.2 Å². The Morgan fingerprint density at radius 3 is 2.79 bits per heavy atom. The van der Waals surface area contributed by atoms with E-state index < -0.39 is 28.4 Å². The lowest BCUT2D eigenvalue weighted by molar-refractivity contribution is 0.186. The van der Waals surface area contributed by atoms with Crippen molar-refractivity contribution < 1.29 is 17.2 Å². The van der Waals surface area contributed by atoms with Crippen LogP contribution < -0.4 is 10.6 Å². The number of nitrogens with zero attached hydrogens (tertiary/aromatic N) is 3. The van der Waals surface area contributed by atoms with E-state index in [1.165, 1.54) is 0 Å². The molecule has 29 heavy (non-hydrogen) atoms. The number of aromatic nitrogens is 2. The third-order valence-electron chi connectivity index (χ3n) is 5.74. The molecule has 0 aromatic carbocycles. The van der Waals surface area contributed by atoms with Gasteiger partial charge < -0.3 is 10.6 Å². The van der Waals surface area contributed by atoms with E-state index in [0.717, 1.165) is 27.9 Å². The molecule has 0 amide bonds. The number of piperidine rings is 2. The zero-order valence-electron chi connectivity index (χ0n) is 16.2. The largest absolute Gasteiger partial charge is 0.364 e. The van der Waals surface area contributed by atoms with Crippen molar-refractivity contribution >= 4 is 26.6 Å². The van der Waals surface area contributed by atoms with Crippen molar-refractivity contribution in [2.75, 3.05) is 37.8 Å². The summed E-state index contributed by atoms with van der Waals surface area (Å²) < 4.78 is 53.5. The van der Waals surface area contributed by atoms with Gasteiger partial charge in [0.1, 0.15) is 18.2 Å². The zero-order chi connectivity index (χ0) is 20.6. The van der Waals surface area contributed by atoms with Crippen molar-refractivity contribution in [3.05, 3.63) is 30.2 Å². The van der Waals surface area contributed by atoms with Crippen LogP contribution in [0.5, 0.6) is 0 Å². The fourth-order valence-corrected chi connectivity index (χ4v) is 4.97. The summed E-state index contributed by atoms with van der Waals surface area (Å²) >= 11 is 0. The SMILES string of the molecule is CS(=O)(=O)N1CC[C@@H](Nc2cc3c([C@@H]4CCNC[C@H]4F)nccc3cn2)[C@H](F)C1. The number of pyridine rings is 2. The predicted molar refractivity (Wildman–Crippen MR) is 108 cm³/mol. The Labute approximate surface area is 169 Å². The highest BCUT2D eigenvalue weighted by Crippen LogP contribution is 2.32. The lowest BCUT2D eigenvalue weighted by Crippen LogP contribution is -2.49. The van der Waals surface area contributed by atoms with Gasteiger partial charge in [0.05, 0.1) is 18.0 Å². The number of rotatable bonds is 4. The molecule has 4 atom stereocenters. The number of halogens is 2. The first-order valence-corrected chi connectivity index (χ1v) is 11.6. The highest BCUT2D eigenvalue weighted by molar-refractivity contribution is 7.88. The Morgan fingerprint density at radius 1 is 1.24 bits per heavy atom. The summed E-state index contributed by atoms with van der Waals surface area (Å²) in [4.78, 5) is 8.82. The number of hydrogen-bond acceptors (Lipinski definition) is 6. The van der Waals surface area contributed by atoms with E-state index in [4.69, 9.17) is 0 Å². The van der Waals surface area contributed by atoms with E-state index in [1.807, 2.05) is 6.07 Å². The van der Waals surface area contributed by atoms with E-state index in [9.17, 15) is 17.2 Å². The monoisotopic (exact) mass is 425 g/mol. The van der Waals surface area contributed by atoms with Gasteiger partial charge >= 0.3 is 0 Å². The fraction of sp³-hybridized carbons (Fsp3) is 0.579. The molecule has 4 heterocycles. The second-order valence-corrected chi connectivity index (χ2v) is 9.76. The summed E-state index contributed by atoms with van der Waals surface area (Å²) in [5.41, 5.74) is 0.700. The van der Waals surface area contributed by atoms with Gasteiger partial charge in [-0.3, -0.25) is 4.98 Å². The molecule has 2 aromatic rings. The van der Waals surface area contributed by atoms with Crippen LogP contribution in [0.2, 0.25) is 0 Å². The minimum atomic E-state index is -3.41. The molecule has 0 saturated carbocycles. The molecular formula is C19H25F2N5O2S. The van der Waals surface area contributed by atoms with Crippen molar-refractivity contribution in [3.63, 3.8) is 0 Å². The smallest absolute Gasteiger partial charge is 0.211 e. The molecule has 10 heteroatoms. The van der Waals surface area contributed by atoms with Crippen molar-refractivity contribution in [2.45, 2.75) is 37.1 Å². The van der Waals surface area contributed by atoms with E-state index in [1.54, 1.807) is 18.5 Å². The Kier molecular flexibility index (Phi) is 5.67. The van der Waals surface area contributed by atoms with Crippen LogP contribution in [0.4, 0.5) is 14.6 Å². The van der Waals surface area contributed by atoms with E-state index in [2.05, 4.69) is 20.6 Å². The van der Waals surface area contributed by atoms with Crippen molar-refractivity contribution in [1.29, 1.82) is 0 Å². The normalized spacial score (nSPS) is 29.1. The molecule has 2 aliphatic heterocycles. The second-order valence-electron chi connectivity index (χ2n) is 7.78. The van der Waals surface area contributed by atoms with Crippen LogP contribution in [0.1, 0.15) is 24.5 Å². The summed E-state index contributed by atoms with van der Waals surface area (Å²) in [6.07, 6.45) is 3.08. The lowest BCUT2D eigenvalue weighted by atomic mass is 9.90. The number of nitrogens with one attached hydrogen (secondary N) is 2. The molecule has 158 valence electrons.